The summed E-state index contributed by atoms with van der Waals surface area (Å²) in [6.07, 6.45) is 0.941. The molecule has 0 saturated carbocycles. The highest BCUT2D eigenvalue weighted by molar-refractivity contribution is 9.10. The molecule has 0 atom stereocenters. The highest BCUT2D eigenvalue weighted by Crippen LogP contribution is 2.37. The topological polar surface area (TPSA) is 74.1 Å². The maximum atomic E-state index is 6.12. The van der Waals surface area contributed by atoms with Crippen molar-refractivity contribution in [2.24, 2.45) is 0 Å². The predicted octanol–water partition coefficient (Wildman–Crippen LogP) is 4.70. The molecule has 2 aromatic carbocycles. The summed E-state index contributed by atoms with van der Waals surface area (Å²) in [7, 11) is 1.62. The summed E-state index contributed by atoms with van der Waals surface area (Å²) in [4.78, 5) is 0. The van der Waals surface area contributed by atoms with Gasteiger partial charge in [0.2, 0.25) is 5.95 Å². The lowest BCUT2D eigenvalue weighted by molar-refractivity contribution is 0.281. The third-order valence-electron chi connectivity index (χ3n) is 4.05. The number of hydrogen-bond acceptors (Lipinski definition) is 6. The number of tetrazole rings is 1. The van der Waals surface area contributed by atoms with Crippen molar-refractivity contribution < 1.29 is 9.47 Å². The second-order valence-electron chi connectivity index (χ2n) is 6.06. The van der Waals surface area contributed by atoms with Gasteiger partial charge < -0.3 is 14.8 Å². The van der Waals surface area contributed by atoms with Crippen LogP contribution < -0.4 is 14.8 Å². The standard InChI is InChI=1S/C19H21BrClN5O2/c1-3-9-26-19(23-24-25-26)22-11-15-16(20)7-8-17(27-2)18(15)28-12-13-5-4-6-14(21)10-13/h4-8,10H,3,9,11-12H2,1-2H3,(H,22,23,25). The van der Waals surface area contributed by atoms with Crippen LogP contribution in [0.5, 0.6) is 11.5 Å². The van der Waals surface area contributed by atoms with Gasteiger partial charge in [-0.25, -0.2) is 4.68 Å². The number of benzene rings is 2. The van der Waals surface area contributed by atoms with Crippen LogP contribution in [0.4, 0.5) is 5.95 Å². The van der Waals surface area contributed by atoms with Gasteiger partial charge in [0.05, 0.1) is 7.11 Å². The van der Waals surface area contributed by atoms with Gasteiger partial charge in [-0.3, -0.25) is 0 Å². The molecule has 3 rings (SSSR count). The van der Waals surface area contributed by atoms with E-state index in [4.69, 9.17) is 21.1 Å². The number of rotatable bonds is 9. The number of halogens is 2. The summed E-state index contributed by atoms with van der Waals surface area (Å²) in [5, 5.41) is 15.7. The van der Waals surface area contributed by atoms with Gasteiger partial charge in [0.25, 0.3) is 0 Å². The van der Waals surface area contributed by atoms with E-state index in [-0.39, 0.29) is 0 Å². The highest BCUT2D eigenvalue weighted by Gasteiger charge is 2.16. The minimum absolute atomic E-state index is 0.369. The molecule has 9 heteroatoms. The molecule has 1 aromatic heterocycles. The Hall–Kier alpha value is -2.32. The summed E-state index contributed by atoms with van der Waals surface area (Å²) in [5.74, 6) is 1.91. The number of nitrogens with zero attached hydrogens (tertiary/aromatic N) is 4. The van der Waals surface area contributed by atoms with Crippen LogP contribution in [-0.2, 0) is 19.7 Å². The third-order valence-corrected chi connectivity index (χ3v) is 5.03. The molecule has 1 N–H and O–H groups in total. The molecule has 0 saturated heterocycles. The summed E-state index contributed by atoms with van der Waals surface area (Å²) in [6.45, 7) is 3.65. The quantitative estimate of drug-likeness (QED) is 0.493. The first-order chi connectivity index (χ1) is 13.6. The molecule has 0 spiro atoms. The van der Waals surface area contributed by atoms with Crippen molar-refractivity contribution in [2.75, 3.05) is 12.4 Å². The first-order valence-corrected chi connectivity index (χ1v) is 10.0. The lowest BCUT2D eigenvalue weighted by Crippen LogP contribution is -2.11. The summed E-state index contributed by atoms with van der Waals surface area (Å²) < 4.78 is 14.3. The van der Waals surface area contributed by atoms with E-state index < -0.39 is 0 Å². The van der Waals surface area contributed by atoms with Crippen molar-refractivity contribution in [3.8, 4) is 11.5 Å². The lowest BCUT2D eigenvalue weighted by atomic mass is 10.1. The molecule has 0 aliphatic carbocycles. The highest BCUT2D eigenvalue weighted by atomic mass is 79.9. The fourth-order valence-corrected chi connectivity index (χ4v) is 3.37. The minimum Gasteiger partial charge on any atom is -0.493 e. The van der Waals surface area contributed by atoms with Crippen LogP contribution in [0.25, 0.3) is 0 Å². The second-order valence-corrected chi connectivity index (χ2v) is 7.35. The first-order valence-electron chi connectivity index (χ1n) is 8.85. The molecule has 0 radical (unpaired) electrons. The second kappa shape index (κ2) is 9.75. The van der Waals surface area contributed by atoms with Gasteiger partial charge in [0.15, 0.2) is 11.5 Å². The molecule has 0 aliphatic rings. The van der Waals surface area contributed by atoms with E-state index in [1.807, 2.05) is 36.4 Å². The smallest absolute Gasteiger partial charge is 0.243 e. The summed E-state index contributed by atoms with van der Waals surface area (Å²) in [5.41, 5.74) is 1.88. The molecule has 0 unspecified atom stereocenters. The Kier molecular flexibility index (Phi) is 7.11. The number of aromatic nitrogens is 4. The van der Waals surface area contributed by atoms with Gasteiger partial charge in [-0.1, -0.05) is 51.7 Å². The Balaban J connectivity index is 1.82. The number of anilines is 1. The van der Waals surface area contributed by atoms with Crippen molar-refractivity contribution in [1.82, 2.24) is 20.2 Å². The summed E-state index contributed by atoms with van der Waals surface area (Å²) >= 11 is 9.68. The predicted molar refractivity (Wildman–Crippen MR) is 112 cm³/mol. The van der Waals surface area contributed by atoms with Crippen LogP contribution in [0.2, 0.25) is 5.02 Å². The van der Waals surface area contributed by atoms with E-state index in [0.717, 1.165) is 28.6 Å². The summed E-state index contributed by atoms with van der Waals surface area (Å²) in [6, 6.07) is 11.4. The van der Waals surface area contributed by atoms with E-state index in [1.54, 1.807) is 11.8 Å². The Morgan fingerprint density at radius 3 is 2.86 bits per heavy atom. The minimum atomic E-state index is 0.369. The largest absolute Gasteiger partial charge is 0.493 e. The Bertz CT molecular complexity index is 934. The normalized spacial score (nSPS) is 10.7. The van der Waals surface area contributed by atoms with Crippen molar-refractivity contribution in [2.45, 2.75) is 33.0 Å². The zero-order valence-electron chi connectivity index (χ0n) is 15.7. The number of ether oxygens (including phenoxy) is 2. The monoisotopic (exact) mass is 465 g/mol. The molecule has 148 valence electrons. The van der Waals surface area contributed by atoms with Gasteiger partial charge in [0.1, 0.15) is 6.61 Å². The Morgan fingerprint density at radius 2 is 2.11 bits per heavy atom. The number of aryl methyl sites for hydroxylation is 1. The third kappa shape index (κ3) is 4.94. The molecule has 0 bridgehead atoms. The van der Waals surface area contributed by atoms with Crippen LogP contribution >= 0.6 is 27.5 Å². The zero-order chi connectivity index (χ0) is 19.9. The van der Waals surface area contributed by atoms with Crippen molar-refractivity contribution >= 4 is 33.5 Å². The number of hydrogen-bond donors (Lipinski definition) is 1. The average molecular weight is 467 g/mol. The van der Waals surface area contributed by atoms with Gasteiger partial charge in [-0.2, -0.15) is 0 Å². The van der Waals surface area contributed by atoms with E-state index in [0.29, 0.717) is 35.6 Å². The molecule has 3 aromatic rings. The fourth-order valence-electron chi connectivity index (χ4n) is 2.71. The number of nitrogens with one attached hydrogen (secondary N) is 1. The first kappa shape index (κ1) is 20.4. The van der Waals surface area contributed by atoms with Gasteiger partial charge >= 0.3 is 0 Å². The Morgan fingerprint density at radius 1 is 1.25 bits per heavy atom. The van der Waals surface area contributed by atoms with Crippen LogP contribution in [0.1, 0.15) is 24.5 Å². The van der Waals surface area contributed by atoms with Gasteiger partial charge in [-0.15, -0.1) is 0 Å². The fraction of sp³-hybridized carbons (Fsp3) is 0.316. The zero-order valence-corrected chi connectivity index (χ0v) is 18.0. The van der Waals surface area contributed by atoms with E-state index in [1.165, 1.54) is 0 Å². The maximum Gasteiger partial charge on any atom is 0.243 e. The van der Waals surface area contributed by atoms with Gasteiger partial charge in [0, 0.05) is 28.1 Å². The van der Waals surface area contributed by atoms with Crippen LogP contribution in [0.15, 0.2) is 40.9 Å². The van der Waals surface area contributed by atoms with E-state index in [2.05, 4.69) is 43.7 Å². The molecule has 0 fully saturated rings. The Labute approximate surface area is 177 Å². The lowest BCUT2D eigenvalue weighted by Gasteiger charge is -2.17. The van der Waals surface area contributed by atoms with Crippen molar-refractivity contribution in [1.29, 1.82) is 0 Å². The SMILES string of the molecule is CCCn1nnnc1NCc1c(Br)ccc(OC)c1OCc1cccc(Cl)c1. The van der Waals surface area contributed by atoms with Crippen molar-refractivity contribution in [3.05, 3.63) is 57.0 Å². The molecular formula is C19H21BrClN5O2. The molecule has 0 aliphatic heterocycles. The number of methoxy groups -OCH3 is 1. The maximum absolute atomic E-state index is 6.12. The van der Waals surface area contributed by atoms with E-state index >= 15 is 0 Å². The molecule has 1 heterocycles. The van der Waals surface area contributed by atoms with E-state index in [9.17, 15) is 0 Å². The molecule has 0 amide bonds. The van der Waals surface area contributed by atoms with Crippen LogP contribution in [0.3, 0.4) is 0 Å². The van der Waals surface area contributed by atoms with Crippen LogP contribution in [0, 0.1) is 0 Å². The average Bonchev–Trinajstić information content (AvgIpc) is 3.13. The van der Waals surface area contributed by atoms with Crippen LogP contribution in [-0.4, -0.2) is 27.3 Å². The molecule has 28 heavy (non-hydrogen) atoms. The van der Waals surface area contributed by atoms with Crippen molar-refractivity contribution in [3.63, 3.8) is 0 Å². The van der Waals surface area contributed by atoms with Gasteiger partial charge in [-0.05, 0) is 46.7 Å². The molecular weight excluding hydrogens is 446 g/mol. The molecule has 7 nitrogen and oxygen atoms in total.